The molecule has 1 saturated heterocycles. The van der Waals surface area contributed by atoms with Crippen molar-refractivity contribution in [1.29, 1.82) is 0 Å². The molecule has 0 spiro atoms. The minimum Gasteiger partial charge on any atom is -0.352 e. The smallest absolute Gasteiger partial charge is 0.261 e. The lowest BCUT2D eigenvalue weighted by molar-refractivity contribution is -0.122. The Morgan fingerprint density at radius 3 is 2.78 bits per heavy atom. The second-order valence-corrected chi connectivity index (χ2v) is 5.97. The summed E-state index contributed by atoms with van der Waals surface area (Å²) >= 11 is 0. The molecule has 2 heterocycles. The molecule has 1 fully saturated rings. The summed E-state index contributed by atoms with van der Waals surface area (Å²) in [5.74, 6) is -0.126. The van der Waals surface area contributed by atoms with Gasteiger partial charge in [-0.3, -0.25) is 14.2 Å². The Kier molecular flexibility index (Phi) is 4.71. The summed E-state index contributed by atoms with van der Waals surface area (Å²) < 4.78 is 1.37. The molecule has 122 valence electrons. The molecule has 0 bridgehead atoms. The Hall–Kier alpha value is -2.21. The Bertz CT molecular complexity index is 748. The average molecular weight is 314 g/mol. The first-order valence-electron chi connectivity index (χ1n) is 8.13. The van der Waals surface area contributed by atoms with E-state index in [1.54, 1.807) is 18.2 Å². The lowest BCUT2D eigenvalue weighted by Crippen LogP contribution is -2.45. The van der Waals surface area contributed by atoms with E-state index in [2.05, 4.69) is 22.1 Å². The maximum Gasteiger partial charge on any atom is 0.261 e. The fraction of sp³-hybridized carbons (Fsp3) is 0.471. The Labute approximate surface area is 135 Å². The highest BCUT2D eigenvalue weighted by atomic mass is 16.2. The number of aromatic nitrogens is 2. The van der Waals surface area contributed by atoms with Gasteiger partial charge in [0, 0.05) is 19.1 Å². The van der Waals surface area contributed by atoms with E-state index in [0.717, 1.165) is 32.5 Å². The number of rotatable bonds is 4. The second-order valence-electron chi connectivity index (χ2n) is 5.97. The first kappa shape index (κ1) is 15.7. The standard InChI is InChI=1S/C17H22N4O2/c1-2-20-9-7-13(8-10-20)19-16(22)11-21-12-18-15-6-4-3-5-14(15)17(21)23/h3-6,12-13H,2,7-11H2,1H3,(H,19,22). The number of nitrogens with zero attached hydrogens (tertiary/aromatic N) is 3. The zero-order chi connectivity index (χ0) is 16.2. The van der Waals surface area contributed by atoms with Crippen LogP contribution in [0, 0.1) is 0 Å². The van der Waals surface area contributed by atoms with Gasteiger partial charge >= 0.3 is 0 Å². The van der Waals surface area contributed by atoms with Crippen molar-refractivity contribution < 1.29 is 4.79 Å². The van der Waals surface area contributed by atoms with Crippen LogP contribution in [-0.4, -0.2) is 46.0 Å². The Morgan fingerprint density at radius 2 is 2.04 bits per heavy atom. The molecule has 0 saturated carbocycles. The van der Waals surface area contributed by atoms with Gasteiger partial charge in [-0.1, -0.05) is 19.1 Å². The van der Waals surface area contributed by atoms with E-state index in [0.29, 0.717) is 10.9 Å². The van der Waals surface area contributed by atoms with Crippen LogP contribution in [0.1, 0.15) is 19.8 Å². The number of hydrogen-bond donors (Lipinski definition) is 1. The summed E-state index contributed by atoms with van der Waals surface area (Å²) in [6.07, 6.45) is 3.37. The molecule has 6 heteroatoms. The molecule has 0 atom stereocenters. The van der Waals surface area contributed by atoms with Crippen LogP contribution in [0.5, 0.6) is 0 Å². The summed E-state index contributed by atoms with van der Waals surface area (Å²) in [4.78, 5) is 31.2. The SMILES string of the molecule is CCN1CCC(NC(=O)Cn2cnc3ccccc3c2=O)CC1. The third kappa shape index (κ3) is 3.59. The van der Waals surface area contributed by atoms with E-state index in [4.69, 9.17) is 0 Å². The van der Waals surface area contributed by atoms with E-state index >= 15 is 0 Å². The van der Waals surface area contributed by atoms with Crippen molar-refractivity contribution in [2.75, 3.05) is 19.6 Å². The van der Waals surface area contributed by atoms with Crippen LogP contribution in [0.2, 0.25) is 0 Å². The predicted molar refractivity (Wildman–Crippen MR) is 89.3 cm³/mol. The van der Waals surface area contributed by atoms with Gasteiger partial charge in [0.15, 0.2) is 0 Å². The number of piperidine rings is 1. The van der Waals surface area contributed by atoms with E-state index in [1.807, 2.05) is 6.07 Å². The van der Waals surface area contributed by atoms with Crippen molar-refractivity contribution in [1.82, 2.24) is 19.8 Å². The minimum absolute atomic E-state index is 0.0185. The van der Waals surface area contributed by atoms with Crippen molar-refractivity contribution in [2.45, 2.75) is 32.4 Å². The monoisotopic (exact) mass is 314 g/mol. The van der Waals surface area contributed by atoms with Crippen LogP contribution in [0.15, 0.2) is 35.4 Å². The average Bonchev–Trinajstić information content (AvgIpc) is 2.58. The van der Waals surface area contributed by atoms with Crippen LogP contribution in [0.4, 0.5) is 0 Å². The molecule has 0 aliphatic carbocycles. The number of likely N-dealkylation sites (tertiary alicyclic amines) is 1. The number of para-hydroxylation sites is 1. The van der Waals surface area contributed by atoms with E-state index in [9.17, 15) is 9.59 Å². The van der Waals surface area contributed by atoms with Crippen molar-refractivity contribution in [2.24, 2.45) is 0 Å². The Morgan fingerprint density at radius 1 is 1.30 bits per heavy atom. The lowest BCUT2D eigenvalue weighted by atomic mass is 10.1. The molecule has 23 heavy (non-hydrogen) atoms. The summed E-state index contributed by atoms with van der Waals surface area (Å²) in [6, 6.07) is 7.38. The van der Waals surface area contributed by atoms with Gasteiger partial charge in [0.2, 0.25) is 5.91 Å². The number of benzene rings is 1. The summed E-state index contributed by atoms with van der Waals surface area (Å²) in [6.45, 7) is 5.25. The molecule has 0 radical (unpaired) electrons. The van der Waals surface area contributed by atoms with E-state index in [-0.39, 0.29) is 24.1 Å². The quantitative estimate of drug-likeness (QED) is 0.914. The molecule has 6 nitrogen and oxygen atoms in total. The Balaban J connectivity index is 1.64. The molecular formula is C17H22N4O2. The molecule has 2 aromatic rings. The predicted octanol–water partition coefficient (Wildman–Crippen LogP) is 0.997. The molecule has 0 unspecified atom stereocenters. The highest BCUT2D eigenvalue weighted by molar-refractivity contribution is 5.79. The highest BCUT2D eigenvalue weighted by Gasteiger charge is 2.19. The van der Waals surface area contributed by atoms with Gasteiger partial charge < -0.3 is 10.2 Å². The summed E-state index contributed by atoms with van der Waals surface area (Å²) in [5.41, 5.74) is 0.479. The van der Waals surface area contributed by atoms with Gasteiger partial charge in [-0.05, 0) is 31.5 Å². The van der Waals surface area contributed by atoms with Crippen LogP contribution in [0.3, 0.4) is 0 Å². The maximum absolute atomic E-state index is 12.4. The van der Waals surface area contributed by atoms with Gasteiger partial charge in [-0.15, -0.1) is 0 Å². The van der Waals surface area contributed by atoms with E-state index < -0.39 is 0 Å². The molecule has 3 rings (SSSR count). The molecule has 1 amide bonds. The van der Waals surface area contributed by atoms with Crippen LogP contribution in [0.25, 0.3) is 10.9 Å². The molecular weight excluding hydrogens is 292 g/mol. The molecule has 1 N–H and O–H groups in total. The third-order valence-corrected chi connectivity index (χ3v) is 4.45. The minimum atomic E-state index is -0.174. The number of amides is 1. The zero-order valence-corrected chi connectivity index (χ0v) is 13.4. The molecule has 1 aliphatic heterocycles. The molecule has 1 aromatic heterocycles. The number of carbonyl (C=O) groups excluding carboxylic acids is 1. The fourth-order valence-electron chi connectivity index (χ4n) is 3.04. The van der Waals surface area contributed by atoms with Gasteiger partial charge in [-0.2, -0.15) is 0 Å². The van der Waals surface area contributed by atoms with Crippen LogP contribution >= 0.6 is 0 Å². The van der Waals surface area contributed by atoms with Gasteiger partial charge in [0.1, 0.15) is 6.54 Å². The number of hydrogen-bond acceptors (Lipinski definition) is 4. The van der Waals surface area contributed by atoms with E-state index in [1.165, 1.54) is 10.9 Å². The van der Waals surface area contributed by atoms with Crippen LogP contribution in [-0.2, 0) is 11.3 Å². The van der Waals surface area contributed by atoms with Crippen molar-refractivity contribution in [3.63, 3.8) is 0 Å². The van der Waals surface area contributed by atoms with Gasteiger partial charge in [0.25, 0.3) is 5.56 Å². The lowest BCUT2D eigenvalue weighted by Gasteiger charge is -2.31. The third-order valence-electron chi connectivity index (χ3n) is 4.45. The van der Waals surface area contributed by atoms with Crippen LogP contribution < -0.4 is 10.9 Å². The maximum atomic E-state index is 12.4. The molecule has 1 aromatic carbocycles. The molecule has 1 aliphatic rings. The summed E-state index contributed by atoms with van der Waals surface area (Å²) in [7, 11) is 0. The first-order chi connectivity index (χ1) is 11.2. The summed E-state index contributed by atoms with van der Waals surface area (Å²) in [5, 5.41) is 3.57. The normalized spacial score (nSPS) is 16.6. The number of nitrogens with one attached hydrogen (secondary N) is 1. The fourth-order valence-corrected chi connectivity index (χ4v) is 3.04. The topological polar surface area (TPSA) is 67.2 Å². The largest absolute Gasteiger partial charge is 0.352 e. The second kappa shape index (κ2) is 6.91. The zero-order valence-electron chi connectivity index (χ0n) is 13.4. The number of carbonyl (C=O) groups is 1. The first-order valence-corrected chi connectivity index (χ1v) is 8.13. The van der Waals surface area contributed by atoms with Gasteiger partial charge in [-0.25, -0.2) is 4.98 Å². The van der Waals surface area contributed by atoms with Crippen molar-refractivity contribution in [3.05, 3.63) is 40.9 Å². The highest BCUT2D eigenvalue weighted by Crippen LogP contribution is 2.09. The van der Waals surface area contributed by atoms with Crippen molar-refractivity contribution in [3.8, 4) is 0 Å². The van der Waals surface area contributed by atoms with Gasteiger partial charge in [0.05, 0.1) is 17.2 Å². The number of fused-ring (bicyclic) bond motifs is 1. The van der Waals surface area contributed by atoms with Crippen molar-refractivity contribution >= 4 is 16.8 Å².